The Morgan fingerprint density at radius 2 is 2.07 bits per heavy atom. The third kappa shape index (κ3) is 3.30. The summed E-state index contributed by atoms with van der Waals surface area (Å²) in [5.74, 6) is 2.03. The van der Waals surface area contributed by atoms with Gasteiger partial charge in [-0.2, -0.15) is 9.61 Å². The number of hydrogen-bond acceptors (Lipinski definition) is 7. The molecule has 0 atom stereocenters. The van der Waals surface area contributed by atoms with Crippen LogP contribution in [0.3, 0.4) is 0 Å². The number of aromatic nitrogens is 7. The van der Waals surface area contributed by atoms with E-state index in [4.69, 9.17) is 9.84 Å². The van der Waals surface area contributed by atoms with Crippen LogP contribution in [0.25, 0.3) is 16.3 Å². The summed E-state index contributed by atoms with van der Waals surface area (Å²) in [5, 5.41) is 19.5. The van der Waals surface area contributed by atoms with E-state index in [9.17, 15) is 0 Å². The van der Waals surface area contributed by atoms with Crippen LogP contribution in [-0.2, 0) is 18.6 Å². The maximum Gasteiger partial charge on any atom is 0.236 e. The Morgan fingerprint density at radius 1 is 1.22 bits per heavy atom. The van der Waals surface area contributed by atoms with Gasteiger partial charge >= 0.3 is 0 Å². The molecule has 0 radical (unpaired) electrons. The summed E-state index contributed by atoms with van der Waals surface area (Å²) in [7, 11) is 0. The molecule has 4 aromatic heterocycles. The molecule has 0 aliphatic carbocycles. The minimum atomic E-state index is -0.155. The molecule has 0 N–H and O–H groups in total. The summed E-state index contributed by atoms with van der Waals surface area (Å²) in [4.78, 5) is 5.28. The lowest BCUT2D eigenvalue weighted by molar-refractivity contribution is 0.264. The Labute approximate surface area is 160 Å². The van der Waals surface area contributed by atoms with Crippen molar-refractivity contribution in [1.29, 1.82) is 0 Å². The van der Waals surface area contributed by atoms with Gasteiger partial charge in [-0.1, -0.05) is 26.8 Å². The molecule has 8 nitrogen and oxygen atoms in total. The predicted molar refractivity (Wildman–Crippen MR) is 103 cm³/mol. The molecule has 0 fully saturated rings. The SMILES string of the molecule is CCn1ncnc1COc1nn2c(-c3cccs3)nnc2cc1C(C)(C)C. The van der Waals surface area contributed by atoms with Gasteiger partial charge < -0.3 is 4.74 Å². The lowest BCUT2D eigenvalue weighted by atomic mass is 9.88. The minimum absolute atomic E-state index is 0.155. The number of nitrogens with zero attached hydrogens (tertiary/aromatic N) is 7. The lowest BCUT2D eigenvalue weighted by Gasteiger charge is -2.21. The molecule has 0 saturated heterocycles. The Balaban J connectivity index is 1.77. The zero-order valence-corrected chi connectivity index (χ0v) is 16.6. The number of aryl methyl sites for hydroxylation is 1. The first kappa shape index (κ1) is 17.6. The molecule has 4 rings (SSSR count). The molecule has 0 unspecified atom stereocenters. The van der Waals surface area contributed by atoms with Crippen LogP contribution in [0.1, 0.15) is 39.1 Å². The lowest BCUT2D eigenvalue weighted by Crippen LogP contribution is -2.17. The summed E-state index contributed by atoms with van der Waals surface area (Å²) in [6, 6.07) is 5.99. The van der Waals surface area contributed by atoms with E-state index in [1.807, 2.05) is 35.2 Å². The van der Waals surface area contributed by atoms with Crippen molar-refractivity contribution in [3.05, 3.63) is 41.3 Å². The molecule has 9 heteroatoms. The molecule has 0 amide bonds. The third-order valence-corrected chi connectivity index (χ3v) is 5.11. The molecule has 0 bridgehead atoms. The fourth-order valence-corrected chi connectivity index (χ4v) is 3.51. The van der Waals surface area contributed by atoms with E-state index in [-0.39, 0.29) is 5.41 Å². The van der Waals surface area contributed by atoms with Crippen molar-refractivity contribution < 1.29 is 4.74 Å². The fourth-order valence-electron chi connectivity index (χ4n) is 2.82. The van der Waals surface area contributed by atoms with E-state index < -0.39 is 0 Å². The van der Waals surface area contributed by atoms with Crippen molar-refractivity contribution in [1.82, 2.24) is 34.6 Å². The monoisotopic (exact) mass is 383 g/mol. The van der Waals surface area contributed by atoms with Crippen molar-refractivity contribution in [3.8, 4) is 16.6 Å². The number of rotatable bonds is 5. The van der Waals surface area contributed by atoms with Gasteiger partial charge in [-0.3, -0.25) is 0 Å². The molecule has 0 spiro atoms. The van der Waals surface area contributed by atoms with Gasteiger partial charge in [0.1, 0.15) is 12.9 Å². The zero-order valence-electron chi connectivity index (χ0n) is 15.7. The van der Waals surface area contributed by atoms with Crippen molar-refractivity contribution in [2.24, 2.45) is 0 Å². The smallest absolute Gasteiger partial charge is 0.236 e. The standard InChI is InChI=1S/C18H21N7OS/c1-5-24-15(19-11-20-24)10-26-17-12(18(2,3)4)9-14-21-22-16(25(14)23-17)13-7-6-8-27-13/h6-9,11H,5,10H2,1-4H3. The highest BCUT2D eigenvalue weighted by atomic mass is 32.1. The Kier molecular flexibility index (Phi) is 4.39. The third-order valence-electron chi connectivity index (χ3n) is 4.24. The van der Waals surface area contributed by atoms with Crippen LogP contribution in [0.4, 0.5) is 0 Å². The van der Waals surface area contributed by atoms with Crippen LogP contribution in [0.2, 0.25) is 0 Å². The topological polar surface area (TPSA) is 83.0 Å². The van der Waals surface area contributed by atoms with Crippen molar-refractivity contribution in [2.75, 3.05) is 0 Å². The number of thiophene rings is 1. The number of fused-ring (bicyclic) bond motifs is 1. The van der Waals surface area contributed by atoms with Gasteiger partial charge in [-0.15, -0.1) is 26.6 Å². The average molecular weight is 383 g/mol. The molecule has 0 aromatic carbocycles. The van der Waals surface area contributed by atoms with E-state index in [1.165, 1.54) is 6.33 Å². The summed E-state index contributed by atoms with van der Waals surface area (Å²) >= 11 is 1.60. The molecule has 140 valence electrons. The maximum absolute atomic E-state index is 6.09. The van der Waals surface area contributed by atoms with Gasteiger partial charge in [0.2, 0.25) is 5.88 Å². The van der Waals surface area contributed by atoms with E-state index in [0.29, 0.717) is 24.0 Å². The Bertz CT molecular complexity index is 1060. The molecule has 4 aromatic rings. The van der Waals surface area contributed by atoms with Gasteiger partial charge in [0.25, 0.3) is 0 Å². The first-order chi connectivity index (χ1) is 13.0. The van der Waals surface area contributed by atoms with E-state index in [2.05, 4.69) is 41.1 Å². The van der Waals surface area contributed by atoms with Gasteiger partial charge in [-0.05, 0) is 29.9 Å². The Hall–Kier alpha value is -2.81. The van der Waals surface area contributed by atoms with E-state index in [1.54, 1.807) is 15.9 Å². The summed E-state index contributed by atoms with van der Waals surface area (Å²) in [5.41, 5.74) is 1.52. The molecular weight excluding hydrogens is 362 g/mol. The molecule has 27 heavy (non-hydrogen) atoms. The van der Waals surface area contributed by atoms with Crippen molar-refractivity contribution in [2.45, 2.75) is 46.3 Å². The predicted octanol–water partition coefficient (Wildman–Crippen LogP) is 3.34. The Morgan fingerprint density at radius 3 is 2.78 bits per heavy atom. The average Bonchev–Trinajstić information content (AvgIpc) is 3.37. The second-order valence-electron chi connectivity index (χ2n) is 7.16. The van der Waals surface area contributed by atoms with E-state index in [0.717, 1.165) is 22.8 Å². The number of ether oxygens (including phenoxy) is 1. The van der Waals surface area contributed by atoms with Crippen molar-refractivity contribution >= 4 is 17.0 Å². The minimum Gasteiger partial charge on any atom is -0.468 e. The summed E-state index contributed by atoms with van der Waals surface area (Å²) in [6.07, 6.45) is 1.54. The fraction of sp³-hybridized carbons (Fsp3) is 0.389. The first-order valence-corrected chi connectivity index (χ1v) is 9.65. The van der Waals surface area contributed by atoms with Crippen LogP contribution in [0.5, 0.6) is 5.88 Å². The largest absolute Gasteiger partial charge is 0.468 e. The molecule has 4 heterocycles. The second kappa shape index (κ2) is 6.73. The molecule has 0 aliphatic heterocycles. The van der Waals surface area contributed by atoms with Crippen molar-refractivity contribution in [3.63, 3.8) is 0 Å². The molecular formula is C18H21N7OS. The van der Waals surface area contributed by atoms with Crippen LogP contribution < -0.4 is 4.74 Å². The highest BCUT2D eigenvalue weighted by Crippen LogP contribution is 2.32. The van der Waals surface area contributed by atoms with Gasteiger partial charge in [-0.25, -0.2) is 9.67 Å². The summed E-state index contributed by atoms with van der Waals surface area (Å²) < 4.78 is 9.64. The highest BCUT2D eigenvalue weighted by molar-refractivity contribution is 7.13. The number of hydrogen-bond donors (Lipinski definition) is 0. The summed E-state index contributed by atoms with van der Waals surface area (Å²) in [6.45, 7) is 9.43. The van der Waals surface area contributed by atoms with Crippen LogP contribution in [-0.4, -0.2) is 34.6 Å². The van der Waals surface area contributed by atoms with Crippen LogP contribution in [0.15, 0.2) is 29.9 Å². The van der Waals surface area contributed by atoms with Crippen LogP contribution in [0, 0.1) is 0 Å². The quantitative estimate of drug-likeness (QED) is 0.526. The van der Waals surface area contributed by atoms with Gasteiger partial charge in [0.05, 0.1) is 4.88 Å². The normalized spacial score (nSPS) is 12.0. The van der Waals surface area contributed by atoms with Gasteiger partial charge in [0.15, 0.2) is 17.3 Å². The molecule has 0 aliphatic rings. The van der Waals surface area contributed by atoms with Gasteiger partial charge in [0, 0.05) is 12.1 Å². The maximum atomic E-state index is 6.09. The van der Waals surface area contributed by atoms with Crippen LogP contribution >= 0.6 is 11.3 Å². The second-order valence-corrected chi connectivity index (χ2v) is 8.11. The first-order valence-electron chi connectivity index (χ1n) is 8.77. The highest BCUT2D eigenvalue weighted by Gasteiger charge is 2.24. The molecule has 0 saturated carbocycles. The van der Waals surface area contributed by atoms with E-state index >= 15 is 0 Å². The zero-order chi connectivity index (χ0) is 19.0.